The number of rotatable bonds is 4. The zero-order valence-corrected chi connectivity index (χ0v) is 15.1. The van der Waals surface area contributed by atoms with Crippen LogP contribution in [0.1, 0.15) is 6.42 Å². The van der Waals surface area contributed by atoms with E-state index in [9.17, 15) is 13.2 Å². The van der Waals surface area contributed by atoms with Crippen molar-refractivity contribution in [3.05, 3.63) is 29.3 Å². The number of carbonyl (C=O) groups is 1. The summed E-state index contributed by atoms with van der Waals surface area (Å²) in [6, 6.07) is 7.60. The lowest BCUT2D eigenvalue weighted by Gasteiger charge is -2.33. The third-order valence-electron chi connectivity index (χ3n) is 4.65. The number of amides is 1. The van der Waals surface area contributed by atoms with Crippen LogP contribution in [0.3, 0.4) is 0 Å². The number of hydrogen-bond acceptors (Lipinski definition) is 4. The molecular formula is C16H23ClN3O3S+. The number of carbonyl (C=O) groups excluding carboxylic acids is 1. The first-order valence-electron chi connectivity index (χ1n) is 8.25. The Morgan fingerprint density at radius 3 is 2.71 bits per heavy atom. The van der Waals surface area contributed by atoms with E-state index in [-0.39, 0.29) is 23.5 Å². The zero-order valence-electron chi connectivity index (χ0n) is 13.5. The average Bonchev–Trinajstić information content (AvgIpc) is 2.86. The molecule has 0 bridgehead atoms. The molecule has 0 unspecified atom stereocenters. The van der Waals surface area contributed by atoms with Crippen molar-refractivity contribution in [3.8, 4) is 0 Å². The molecule has 6 nitrogen and oxygen atoms in total. The lowest BCUT2D eigenvalue weighted by atomic mass is 10.2. The minimum absolute atomic E-state index is 0.0525. The molecule has 24 heavy (non-hydrogen) atoms. The number of benzene rings is 1. The SMILES string of the molecule is O=C(C[NH+]1CCN(c2cccc(Cl)c2)CC1)N[C@@H]1CCS(=O)(=O)C1. The fourth-order valence-electron chi connectivity index (χ4n) is 3.35. The summed E-state index contributed by atoms with van der Waals surface area (Å²) in [5.41, 5.74) is 1.11. The van der Waals surface area contributed by atoms with Crippen molar-refractivity contribution in [1.29, 1.82) is 0 Å². The zero-order chi connectivity index (χ0) is 17.2. The van der Waals surface area contributed by atoms with Gasteiger partial charge in [-0.1, -0.05) is 17.7 Å². The standard InChI is InChI=1S/C16H22ClN3O3S/c17-13-2-1-3-15(10-13)20-7-5-19(6-8-20)11-16(21)18-14-4-9-24(22,23)12-14/h1-3,10,14H,4-9,11-12H2,(H,18,21)/p+1/t14-/m1/s1. The summed E-state index contributed by atoms with van der Waals surface area (Å²) in [6.45, 7) is 3.91. The number of anilines is 1. The maximum atomic E-state index is 12.1. The van der Waals surface area contributed by atoms with Crippen LogP contribution in [-0.4, -0.2) is 64.6 Å². The Morgan fingerprint density at radius 2 is 2.08 bits per heavy atom. The van der Waals surface area contributed by atoms with Crippen LogP contribution in [0.25, 0.3) is 0 Å². The van der Waals surface area contributed by atoms with E-state index < -0.39 is 9.84 Å². The Balaban J connectivity index is 1.44. The summed E-state index contributed by atoms with van der Waals surface area (Å²) >= 11 is 6.04. The summed E-state index contributed by atoms with van der Waals surface area (Å²) in [5, 5.41) is 3.59. The van der Waals surface area contributed by atoms with Gasteiger partial charge in [0, 0.05) is 16.8 Å². The highest BCUT2D eigenvalue weighted by atomic mass is 35.5. The second-order valence-electron chi connectivity index (χ2n) is 6.56. The molecule has 2 aliphatic rings. The Labute approximate surface area is 147 Å². The number of quaternary nitrogens is 1. The first-order valence-corrected chi connectivity index (χ1v) is 10.4. The maximum Gasteiger partial charge on any atom is 0.275 e. The molecule has 3 rings (SSSR count). The molecule has 1 atom stereocenters. The molecule has 0 radical (unpaired) electrons. The summed E-state index contributed by atoms with van der Waals surface area (Å²) in [4.78, 5) is 15.6. The van der Waals surface area contributed by atoms with Crippen molar-refractivity contribution >= 4 is 33.0 Å². The van der Waals surface area contributed by atoms with Crippen molar-refractivity contribution < 1.29 is 18.1 Å². The second kappa shape index (κ2) is 7.29. The topological polar surface area (TPSA) is 70.9 Å². The lowest BCUT2D eigenvalue weighted by Crippen LogP contribution is -3.16. The minimum Gasteiger partial charge on any atom is -0.360 e. The monoisotopic (exact) mass is 372 g/mol. The van der Waals surface area contributed by atoms with Gasteiger partial charge in [-0.2, -0.15) is 0 Å². The number of nitrogens with zero attached hydrogens (tertiary/aromatic N) is 1. The van der Waals surface area contributed by atoms with E-state index in [4.69, 9.17) is 11.6 Å². The van der Waals surface area contributed by atoms with Crippen LogP contribution in [0.5, 0.6) is 0 Å². The van der Waals surface area contributed by atoms with Crippen LogP contribution < -0.4 is 15.1 Å². The van der Waals surface area contributed by atoms with Crippen LogP contribution in [0.2, 0.25) is 5.02 Å². The summed E-state index contributed by atoms with van der Waals surface area (Å²) in [5.74, 6) is 0.211. The molecule has 1 amide bonds. The van der Waals surface area contributed by atoms with Crippen molar-refractivity contribution in [3.63, 3.8) is 0 Å². The summed E-state index contributed by atoms with van der Waals surface area (Å²) < 4.78 is 22.9. The predicted molar refractivity (Wildman–Crippen MR) is 94.4 cm³/mol. The molecule has 0 saturated carbocycles. The third kappa shape index (κ3) is 4.62. The van der Waals surface area contributed by atoms with Crippen molar-refractivity contribution in [2.75, 3.05) is 49.1 Å². The number of piperazine rings is 1. The molecule has 1 aromatic carbocycles. The largest absolute Gasteiger partial charge is 0.360 e. The summed E-state index contributed by atoms with van der Waals surface area (Å²) in [6.07, 6.45) is 0.534. The van der Waals surface area contributed by atoms with Gasteiger partial charge in [-0.3, -0.25) is 4.79 Å². The van der Waals surface area contributed by atoms with E-state index in [1.54, 1.807) is 0 Å². The molecule has 0 aliphatic carbocycles. The van der Waals surface area contributed by atoms with Gasteiger partial charge >= 0.3 is 0 Å². The van der Waals surface area contributed by atoms with E-state index in [0.29, 0.717) is 13.0 Å². The summed E-state index contributed by atoms with van der Waals surface area (Å²) in [7, 11) is -2.95. The predicted octanol–water partition coefficient (Wildman–Crippen LogP) is -0.652. The van der Waals surface area contributed by atoms with E-state index in [0.717, 1.165) is 36.9 Å². The van der Waals surface area contributed by atoms with Crippen LogP contribution in [0.15, 0.2) is 24.3 Å². The van der Waals surface area contributed by atoms with Gasteiger partial charge in [0.1, 0.15) is 0 Å². The molecule has 2 N–H and O–H groups in total. The fourth-order valence-corrected chi connectivity index (χ4v) is 5.20. The molecule has 2 saturated heterocycles. The first kappa shape index (κ1) is 17.5. The molecule has 132 valence electrons. The van der Waals surface area contributed by atoms with Gasteiger partial charge in [-0.25, -0.2) is 8.42 Å². The van der Waals surface area contributed by atoms with Crippen LogP contribution >= 0.6 is 11.6 Å². The van der Waals surface area contributed by atoms with Crippen LogP contribution in [0, 0.1) is 0 Å². The van der Waals surface area contributed by atoms with Gasteiger partial charge in [-0.05, 0) is 24.6 Å². The Morgan fingerprint density at radius 1 is 1.33 bits per heavy atom. The van der Waals surface area contributed by atoms with Gasteiger partial charge < -0.3 is 15.1 Å². The minimum atomic E-state index is -2.95. The fraction of sp³-hybridized carbons (Fsp3) is 0.562. The molecule has 0 aromatic heterocycles. The lowest BCUT2D eigenvalue weighted by molar-refractivity contribution is -0.892. The number of halogens is 1. The first-order chi connectivity index (χ1) is 11.4. The van der Waals surface area contributed by atoms with Crippen molar-refractivity contribution in [2.45, 2.75) is 12.5 Å². The number of sulfone groups is 1. The van der Waals surface area contributed by atoms with Crippen LogP contribution in [-0.2, 0) is 14.6 Å². The van der Waals surface area contributed by atoms with E-state index in [1.807, 2.05) is 24.3 Å². The molecule has 2 aliphatic heterocycles. The molecular weight excluding hydrogens is 350 g/mol. The number of hydrogen-bond donors (Lipinski definition) is 2. The average molecular weight is 373 g/mol. The maximum absolute atomic E-state index is 12.1. The third-order valence-corrected chi connectivity index (χ3v) is 6.66. The molecule has 2 heterocycles. The van der Waals surface area contributed by atoms with E-state index >= 15 is 0 Å². The van der Waals surface area contributed by atoms with Crippen molar-refractivity contribution in [1.82, 2.24) is 5.32 Å². The molecule has 2 fully saturated rings. The van der Waals surface area contributed by atoms with E-state index in [1.165, 1.54) is 4.90 Å². The Hall–Kier alpha value is -1.31. The highest BCUT2D eigenvalue weighted by Crippen LogP contribution is 2.19. The normalized spacial score (nSPS) is 24.0. The Kier molecular flexibility index (Phi) is 5.32. The Bertz CT molecular complexity index is 702. The van der Waals surface area contributed by atoms with Crippen LogP contribution in [0.4, 0.5) is 5.69 Å². The molecule has 0 spiro atoms. The highest BCUT2D eigenvalue weighted by Gasteiger charge is 2.30. The van der Waals surface area contributed by atoms with Gasteiger partial charge in [0.15, 0.2) is 16.4 Å². The quantitative estimate of drug-likeness (QED) is 0.736. The van der Waals surface area contributed by atoms with E-state index in [2.05, 4.69) is 10.2 Å². The number of nitrogens with one attached hydrogen (secondary N) is 2. The van der Waals surface area contributed by atoms with Gasteiger partial charge in [0.25, 0.3) is 5.91 Å². The van der Waals surface area contributed by atoms with Gasteiger partial charge in [-0.15, -0.1) is 0 Å². The highest BCUT2D eigenvalue weighted by molar-refractivity contribution is 7.91. The van der Waals surface area contributed by atoms with Gasteiger partial charge in [0.2, 0.25) is 0 Å². The molecule has 1 aromatic rings. The second-order valence-corrected chi connectivity index (χ2v) is 9.23. The molecule has 8 heteroatoms. The van der Waals surface area contributed by atoms with Crippen molar-refractivity contribution in [2.24, 2.45) is 0 Å². The smallest absolute Gasteiger partial charge is 0.275 e. The van der Waals surface area contributed by atoms with Gasteiger partial charge in [0.05, 0.1) is 37.7 Å².